The number of nitrogens with one attached hydrogen (secondary N) is 2. The molecular formula is C18H18F3N3O5. The van der Waals surface area contributed by atoms with Crippen molar-refractivity contribution < 1.29 is 32.4 Å². The fraction of sp³-hybridized carbons (Fsp3) is 0.278. The predicted octanol–water partition coefficient (Wildman–Crippen LogP) is 4.07. The molecule has 0 aliphatic carbocycles. The lowest BCUT2D eigenvalue weighted by Crippen LogP contribution is -2.32. The summed E-state index contributed by atoms with van der Waals surface area (Å²) in [4.78, 5) is 22.2. The molecule has 1 atom stereocenters. The van der Waals surface area contributed by atoms with Crippen LogP contribution in [0.25, 0.3) is 0 Å². The van der Waals surface area contributed by atoms with E-state index in [1.165, 1.54) is 21.1 Å². The van der Waals surface area contributed by atoms with Crippen molar-refractivity contribution in [3.05, 3.63) is 52.1 Å². The Morgan fingerprint density at radius 2 is 1.76 bits per heavy atom. The van der Waals surface area contributed by atoms with Gasteiger partial charge in [0, 0.05) is 23.9 Å². The average molecular weight is 413 g/mol. The van der Waals surface area contributed by atoms with Crippen LogP contribution in [0.2, 0.25) is 0 Å². The number of nitro groups is 1. The second-order valence-corrected chi connectivity index (χ2v) is 5.91. The van der Waals surface area contributed by atoms with Crippen LogP contribution in [0.4, 0.5) is 30.2 Å². The number of halogens is 3. The summed E-state index contributed by atoms with van der Waals surface area (Å²) in [7, 11) is 2.90. The maximum absolute atomic E-state index is 13.2. The van der Waals surface area contributed by atoms with E-state index in [0.29, 0.717) is 23.3 Å². The number of alkyl halides is 3. The Morgan fingerprint density at radius 3 is 2.31 bits per heavy atom. The third kappa shape index (κ3) is 5.27. The molecule has 2 N–H and O–H groups in total. The number of amides is 1. The van der Waals surface area contributed by atoms with Crippen molar-refractivity contribution in [1.29, 1.82) is 0 Å². The lowest BCUT2D eigenvalue weighted by atomic mass is 10.1. The molecule has 0 saturated heterocycles. The Balaban J connectivity index is 2.20. The van der Waals surface area contributed by atoms with E-state index in [1.54, 1.807) is 18.2 Å². The summed E-state index contributed by atoms with van der Waals surface area (Å²) < 4.78 is 49.9. The summed E-state index contributed by atoms with van der Waals surface area (Å²) in [5.41, 5.74) is -2.13. The average Bonchev–Trinajstić information content (AvgIpc) is 2.66. The van der Waals surface area contributed by atoms with Crippen molar-refractivity contribution in [3.63, 3.8) is 0 Å². The van der Waals surface area contributed by atoms with Gasteiger partial charge in [-0.05, 0) is 25.1 Å². The molecule has 29 heavy (non-hydrogen) atoms. The third-order valence-corrected chi connectivity index (χ3v) is 3.94. The molecule has 0 heterocycles. The normalized spacial score (nSPS) is 12.1. The highest BCUT2D eigenvalue weighted by atomic mass is 19.4. The molecule has 0 spiro atoms. The van der Waals surface area contributed by atoms with Gasteiger partial charge >= 0.3 is 6.18 Å². The first-order chi connectivity index (χ1) is 13.6. The number of rotatable bonds is 7. The zero-order valence-electron chi connectivity index (χ0n) is 15.7. The highest BCUT2D eigenvalue weighted by molar-refractivity contribution is 5.97. The van der Waals surface area contributed by atoms with Crippen LogP contribution in [0.3, 0.4) is 0 Å². The van der Waals surface area contributed by atoms with Crippen LogP contribution in [-0.2, 0) is 11.0 Å². The molecule has 2 aromatic carbocycles. The Kier molecular flexibility index (Phi) is 6.52. The van der Waals surface area contributed by atoms with Gasteiger partial charge in [-0.3, -0.25) is 14.9 Å². The van der Waals surface area contributed by atoms with E-state index < -0.39 is 40.0 Å². The molecule has 0 radical (unpaired) electrons. The van der Waals surface area contributed by atoms with Crippen LogP contribution < -0.4 is 20.1 Å². The fourth-order valence-electron chi connectivity index (χ4n) is 2.47. The van der Waals surface area contributed by atoms with Gasteiger partial charge in [0.15, 0.2) is 11.5 Å². The highest BCUT2D eigenvalue weighted by Gasteiger charge is 2.36. The number of benzene rings is 2. The maximum Gasteiger partial charge on any atom is 0.418 e. The number of non-ortho nitro benzene ring substituents is 1. The van der Waals surface area contributed by atoms with Gasteiger partial charge in [0.05, 0.1) is 30.4 Å². The van der Waals surface area contributed by atoms with Crippen LogP contribution in [0.5, 0.6) is 11.5 Å². The minimum Gasteiger partial charge on any atom is -0.493 e. The van der Waals surface area contributed by atoms with E-state index >= 15 is 0 Å². The smallest absolute Gasteiger partial charge is 0.418 e. The van der Waals surface area contributed by atoms with Gasteiger partial charge in [-0.15, -0.1) is 0 Å². The van der Waals surface area contributed by atoms with E-state index in [-0.39, 0.29) is 0 Å². The van der Waals surface area contributed by atoms with Gasteiger partial charge in [-0.2, -0.15) is 13.2 Å². The van der Waals surface area contributed by atoms with E-state index in [4.69, 9.17) is 9.47 Å². The molecule has 2 rings (SSSR count). The number of anilines is 2. The van der Waals surface area contributed by atoms with E-state index in [1.807, 2.05) is 0 Å². The molecule has 1 unspecified atom stereocenters. The second kappa shape index (κ2) is 8.67. The molecule has 2 aromatic rings. The highest BCUT2D eigenvalue weighted by Crippen LogP contribution is 2.37. The molecule has 0 aliphatic heterocycles. The quantitative estimate of drug-likeness (QED) is 0.524. The van der Waals surface area contributed by atoms with Crippen molar-refractivity contribution in [2.75, 3.05) is 24.9 Å². The number of methoxy groups -OCH3 is 2. The lowest BCUT2D eigenvalue weighted by molar-refractivity contribution is -0.385. The lowest BCUT2D eigenvalue weighted by Gasteiger charge is -2.18. The summed E-state index contributed by atoms with van der Waals surface area (Å²) in [5, 5.41) is 15.7. The van der Waals surface area contributed by atoms with E-state index in [9.17, 15) is 28.1 Å². The number of hydrogen-bond donors (Lipinski definition) is 2. The minimum atomic E-state index is -4.88. The van der Waals surface area contributed by atoms with Crippen LogP contribution in [-0.4, -0.2) is 31.1 Å². The van der Waals surface area contributed by atoms with Crippen molar-refractivity contribution in [3.8, 4) is 11.5 Å². The van der Waals surface area contributed by atoms with Gasteiger partial charge in [-0.25, -0.2) is 0 Å². The Bertz CT molecular complexity index is 918. The van der Waals surface area contributed by atoms with E-state index in [2.05, 4.69) is 10.6 Å². The molecule has 156 valence electrons. The first kappa shape index (κ1) is 21.8. The SMILES string of the molecule is COc1ccc(NC(C)C(=O)Nc2ccc([N+](=O)[O-])cc2C(F)(F)F)cc1OC. The maximum atomic E-state index is 13.2. The summed E-state index contributed by atoms with van der Waals surface area (Å²) in [5.74, 6) is 0.106. The third-order valence-electron chi connectivity index (χ3n) is 3.94. The Morgan fingerprint density at radius 1 is 1.10 bits per heavy atom. The molecule has 1 amide bonds. The number of ether oxygens (including phenoxy) is 2. The zero-order chi connectivity index (χ0) is 21.8. The van der Waals surface area contributed by atoms with Crippen molar-refractivity contribution in [2.24, 2.45) is 0 Å². The van der Waals surface area contributed by atoms with Crippen LogP contribution in [0.15, 0.2) is 36.4 Å². The van der Waals surface area contributed by atoms with Gasteiger partial charge in [0.2, 0.25) is 5.91 Å². The van der Waals surface area contributed by atoms with Crippen molar-refractivity contribution in [2.45, 2.75) is 19.1 Å². The van der Waals surface area contributed by atoms with Gasteiger partial charge in [0.1, 0.15) is 6.04 Å². The summed E-state index contributed by atoms with van der Waals surface area (Å²) in [6.45, 7) is 1.45. The summed E-state index contributed by atoms with van der Waals surface area (Å²) in [6, 6.07) is 5.96. The summed E-state index contributed by atoms with van der Waals surface area (Å²) in [6.07, 6.45) is -4.88. The minimum absolute atomic E-state index is 0.377. The standard InChI is InChI=1S/C18H18F3N3O5/c1-10(22-11-4-7-15(28-2)16(8-11)29-3)17(25)23-14-6-5-12(24(26)27)9-13(14)18(19,20)21/h4-10,22H,1-3H3,(H,23,25). The largest absolute Gasteiger partial charge is 0.493 e. The fourth-order valence-corrected chi connectivity index (χ4v) is 2.47. The molecule has 0 aromatic heterocycles. The van der Waals surface area contributed by atoms with Gasteiger partial charge < -0.3 is 20.1 Å². The number of nitro benzene ring substituents is 1. The monoisotopic (exact) mass is 413 g/mol. The van der Waals surface area contributed by atoms with Crippen molar-refractivity contribution in [1.82, 2.24) is 0 Å². The van der Waals surface area contributed by atoms with Crippen LogP contribution in [0.1, 0.15) is 12.5 Å². The number of nitrogens with zero attached hydrogens (tertiary/aromatic N) is 1. The first-order valence-corrected chi connectivity index (χ1v) is 8.22. The summed E-state index contributed by atoms with van der Waals surface area (Å²) >= 11 is 0. The number of carbonyl (C=O) groups excluding carboxylic acids is 1. The Labute approximate surface area is 163 Å². The predicted molar refractivity (Wildman–Crippen MR) is 99.4 cm³/mol. The second-order valence-electron chi connectivity index (χ2n) is 5.91. The molecule has 0 fully saturated rings. The molecule has 0 saturated carbocycles. The zero-order valence-corrected chi connectivity index (χ0v) is 15.7. The van der Waals surface area contributed by atoms with Crippen LogP contribution in [0, 0.1) is 10.1 Å². The number of carbonyl (C=O) groups is 1. The number of hydrogen-bond acceptors (Lipinski definition) is 6. The first-order valence-electron chi connectivity index (χ1n) is 8.22. The molecule has 0 aliphatic rings. The molecule has 11 heteroatoms. The van der Waals surface area contributed by atoms with E-state index in [0.717, 1.165) is 12.1 Å². The topological polar surface area (TPSA) is 103 Å². The molecule has 8 nitrogen and oxygen atoms in total. The molecular weight excluding hydrogens is 395 g/mol. The van der Waals surface area contributed by atoms with Gasteiger partial charge in [-0.1, -0.05) is 0 Å². The van der Waals surface area contributed by atoms with Crippen molar-refractivity contribution >= 4 is 23.0 Å². The van der Waals surface area contributed by atoms with Gasteiger partial charge in [0.25, 0.3) is 5.69 Å². The van der Waals surface area contributed by atoms with Crippen LogP contribution >= 0.6 is 0 Å². The molecule has 0 bridgehead atoms. The Hall–Kier alpha value is -3.50.